The predicted molar refractivity (Wildman–Crippen MR) is 105 cm³/mol. The van der Waals surface area contributed by atoms with Crippen molar-refractivity contribution in [1.29, 1.82) is 0 Å². The van der Waals surface area contributed by atoms with Crippen LogP contribution in [0.2, 0.25) is 0 Å². The van der Waals surface area contributed by atoms with E-state index in [1.807, 2.05) is 6.92 Å². The summed E-state index contributed by atoms with van der Waals surface area (Å²) in [5.74, 6) is -4.86. The van der Waals surface area contributed by atoms with Crippen LogP contribution in [-0.2, 0) is 9.53 Å². The molecule has 0 radical (unpaired) electrons. The first-order valence-electron chi connectivity index (χ1n) is 9.75. The van der Waals surface area contributed by atoms with Gasteiger partial charge in [0.2, 0.25) is 5.82 Å². The molecule has 1 aromatic carbocycles. The average molecular weight is 420 g/mol. The van der Waals surface area contributed by atoms with Crippen LogP contribution < -0.4 is 15.8 Å². The van der Waals surface area contributed by atoms with Crippen molar-refractivity contribution < 1.29 is 29.2 Å². The highest BCUT2D eigenvalue weighted by Gasteiger charge is 2.51. The molecule has 0 bridgehead atoms. The van der Waals surface area contributed by atoms with E-state index in [0.29, 0.717) is 5.56 Å². The number of aromatic nitrogens is 1. The average Bonchev–Trinajstić information content (AvgIpc) is 2.93. The molecule has 1 aliphatic rings. The van der Waals surface area contributed by atoms with Gasteiger partial charge in [-0.05, 0) is 38.0 Å². The lowest BCUT2D eigenvalue weighted by atomic mass is 9.78. The number of primary amides is 1. The Morgan fingerprint density at radius 1 is 1.33 bits per heavy atom. The molecule has 2 aromatic rings. The molecule has 1 aliphatic heterocycles. The SMILES string of the molecule is [2H]c1cc(NC(=O)[C@@H]2OC(C)(C)[C@@H](C)[C@H]2c2ccc(F)c(F)c2OC)cc(C(N)=O)n1. The van der Waals surface area contributed by atoms with Gasteiger partial charge < -0.3 is 20.5 Å². The first-order valence-corrected chi connectivity index (χ1v) is 9.25. The molecule has 0 saturated carbocycles. The number of hydrogen-bond acceptors (Lipinski definition) is 5. The van der Waals surface area contributed by atoms with Gasteiger partial charge in [0.1, 0.15) is 11.8 Å². The molecular formula is C21H23F2N3O4. The number of benzene rings is 1. The Bertz CT molecular complexity index is 1050. The minimum absolute atomic E-state index is 0.135. The predicted octanol–water partition coefficient (Wildman–Crippen LogP) is 3.00. The van der Waals surface area contributed by atoms with Gasteiger partial charge in [-0.15, -0.1) is 0 Å². The van der Waals surface area contributed by atoms with Crippen molar-refractivity contribution in [3.63, 3.8) is 0 Å². The van der Waals surface area contributed by atoms with Crippen LogP contribution in [0.3, 0.4) is 0 Å². The Morgan fingerprint density at radius 2 is 2.03 bits per heavy atom. The van der Waals surface area contributed by atoms with Crippen LogP contribution in [0.1, 0.15) is 44.1 Å². The Kier molecular flexibility index (Phi) is 5.38. The Hall–Kier alpha value is -3.07. The number of anilines is 1. The van der Waals surface area contributed by atoms with Crippen molar-refractivity contribution >= 4 is 17.5 Å². The smallest absolute Gasteiger partial charge is 0.267 e. The van der Waals surface area contributed by atoms with Crippen molar-refractivity contribution in [2.75, 3.05) is 12.4 Å². The second-order valence-corrected chi connectivity index (χ2v) is 7.66. The zero-order valence-electron chi connectivity index (χ0n) is 18.0. The quantitative estimate of drug-likeness (QED) is 0.774. The van der Waals surface area contributed by atoms with Gasteiger partial charge in [-0.3, -0.25) is 14.6 Å². The fourth-order valence-corrected chi connectivity index (χ4v) is 3.67. The van der Waals surface area contributed by atoms with Crippen LogP contribution in [0.15, 0.2) is 30.4 Å². The number of nitrogens with zero attached hydrogens (tertiary/aromatic N) is 1. The van der Waals surface area contributed by atoms with Gasteiger partial charge in [0, 0.05) is 23.3 Å². The lowest BCUT2D eigenvalue weighted by Crippen LogP contribution is -2.33. The van der Waals surface area contributed by atoms with E-state index in [0.717, 1.165) is 6.07 Å². The topological polar surface area (TPSA) is 104 Å². The molecule has 3 rings (SSSR count). The minimum atomic E-state index is -1.14. The number of rotatable bonds is 5. The third kappa shape index (κ3) is 3.85. The lowest BCUT2D eigenvalue weighted by Gasteiger charge is -2.25. The molecule has 3 atom stereocenters. The Morgan fingerprint density at radius 3 is 2.67 bits per heavy atom. The van der Waals surface area contributed by atoms with E-state index in [4.69, 9.17) is 16.6 Å². The first kappa shape index (κ1) is 20.2. The number of hydrogen-bond donors (Lipinski definition) is 2. The number of carbonyl (C=O) groups is 2. The summed E-state index contributed by atoms with van der Waals surface area (Å²) in [7, 11) is 1.22. The zero-order valence-corrected chi connectivity index (χ0v) is 17.0. The number of nitrogens with two attached hydrogens (primary N) is 1. The van der Waals surface area contributed by atoms with Gasteiger partial charge in [0.05, 0.1) is 14.1 Å². The van der Waals surface area contributed by atoms with E-state index in [2.05, 4.69) is 10.3 Å². The second-order valence-electron chi connectivity index (χ2n) is 7.66. The zero-order chi connectivity index (χ0) is 23.1. The van der Waals surface area contributed by atoms with Gasteiger partial charge in [0.15, 0.2) is 11.6 Å². The van der Waals surface area contributed by atoms with Crippen LogP contribution in [-0.4, -0.2) is 35.6 Å². The highest BCUT2D eigenvalue weighted by molar-refractivity contribution is 5.97. The summed E-state index contributed by atoms with van der Waals surface area (Å²) < 4.78 is 46.9. The van der Waals surface area contributed by atoms with Gasteiger partial charge in [0.25, 0.3) is 11.8 Å². The van der Waals surface area contributed by atoms with Crippen molar-refractivity contribution in [2.45, 2.75) is 38.4 Å². The number of pyridine rings is 1. The number of amides is 2. The van der Waals surface area contributed by atoms with Gasteiger partial charge >= 0.3 is 0 Å². The van der Waals surface area contributed by atoms with E-state index < -0.39 is 41.1 Å². The standard InChI is InChI=1S/C21H23F2N3O4/c1-10-15(12-5-6-13(22)16(23)17(12)29-4)18(30-21(10,2)3)20(28)26-11-7-8-25-14(9-11)19(24)27/h5-10,15,18H,1-4H3,(H2,24,27)(H,25,26,28)/t10-,15-,18+/m0/s1/i8D. The monoisotopic (exact) mass is 420 g/mol. The van der Waals surface area contributed by atoms with Crippen LogP contribution in [0.25, 0.3) is 0 Å². The normalized spacial score (nSPS) is 23.0. The number of carbonyl (C=O) groups excluding carboxylic acids is 2. The molecule has 9 heteroatoms. The molecule has 0 spiro atoms. The van der Waals surface area contributed by atoms with Crippen molar-refractivity contribution in [2.24, 2.45) is 11.7 Å². The summed E-state index contributed by atoms with van der Waals surface area (Å²) in [5, 5.41) is 2.60. The molecular weight excluding hydrogens is 396 g/mol. The highest BCUT2D eigenvalue weighted by atomic mass is 19.2. The second kappa shape index (κ2) is 7.98. The summed E-state index contributed by atoms with van der Waals surface area (Å²) >= 11 is 0. The lowest BCUT2D eigenvalue weighted by molar-refractivity contribution is -0.131. The van der Waals surface area contributed by atoms with E-state index in [1.165, 1.54) is 25.3 Å². The molecule has 2 heterocycles. The van der Waals surface area contributed by atoms with E-state index in [1.54, 1.807) is 13.8 Å². The first-order chi connectivity index (χ1) is 14.5. The van der Waals surface area contributed by atoms with E-state index >= 15 is 0 Å². The molecule has 0 aliphatic carbocycles. The van der Waals surface area contributed by atoms with Crippen LogP contribution in [0.5, 0.6) is 5.75 Å². The van der Waals surface area contributed by atoms with Gasteiger partial charge in [-0.2, -0.15) is 4.39 Å². The number of methoxy groups -OCH3 is 1. The highest BCUT2D eigenvalue weighted by Crippen LogP contribution is 2.49. The molecule has 1 fully saturated rings. The number of halogens is 2. The molecule has 1 saturated heterocycles. The molecule has 0 unspecified atom stereocenters. The summed E-state index contributed by atoms with van der Waals surface area (Å²) in [5.41, 5.74) is 4.70. The maximum atomic E-state index is 14.4. The maximum Gasteiger partial charge on any atom is 0.267 e. The third-order valence-corrected chi connectivity index (χ3v) is 5.51. The fraction of sp³-hybridized carbons (Fsp3) is 0.381. The Labute approximate surface area is 174 Å². The van der Waals surface area contributed by atoms with Crippen molar-refractivity contribution in [3.8, 4) is 5.75 Å². The molecule has 1 aromatic heterocycles. The largest absolute Gasteiger partial charge is 0.493 e. The van der Waals surface area contributed by atoms with E-state index in [-0.39, 0.29) is 29.2 Å². The third-order valence-electron chi connectivity index (χ3n) is 5.51. The molecule has 2 amide bonds. The molecule has 7 nitrogen and oxygen atoms in total. The summed E-state index contributed by atoms with van der Waals surface area (Å²) in [6.45, 7) is 5.44. The van der Waals surface area contributed by atoms with Gasteiger partial charge in [-0.25, -0.2) is 4.39 Å². The van der Waals surface area contributed by atoms with Crippen molar-refractivity contribution in [3.05, 3.63) is 53.3 Å². The number of ether oxygens (including phenoxy) is 2. The van der Waals surface area contributed by atoms with E-state index in [9.17, 15) is 18.4 Å². The maximum absolute atomic E-state index is 14.4. The number of nitrogens with one attached hydrogen (secondary N) is 1. The fourth-order valence-electron chi connectivity index (χ4n) is 3.67. The summed E-state index contributed by atoms with van der Waals surface area (Å²) in [4.78, 5) is 28.2. The minimum Gasteiger partial charge on any atom is -0.493 e. The van der Waals surface area contributed by atoms with Crippen molar-refractivity contribution in [1.82, 2.24) is 4.98 Å². The molecule has 30 heavy (non-hydrogen) atoms. The summed E-state index contributed by atoms with van der Waals surface area (Å²) in [6.07, 6.45) is -1.34. The molecule has 3 N–H and O–H groups in total. The molecule has 160 valence electrons. The Balaban J connectivity index is 2.00. The summed E-state index contributed by atoms with van der Waals surface area (Å²) in [6, 6.07) is 4.85. The van der Waals surface area contributed by atoms with Crippen LogP contribution >= 0.6 is 0 Å². The van der Waals surface area contributed by atoms with Gasteiger partial charge in [-0.1, -0.05) is 13.0 Å². The van der Waals surface area contributed by atoms with Crippen LogP contribution in [0, 0.1) is 17.6 Å². The van der Waals surface area contributed by atoms with Crippen LogP contribution in [0.4, 0.5) is 14.5 Å².